The molecule has 2 rings (SSSR count). The maximum absolute atomic E-state index is 4.76. The number of hydrogen-bond acceptors (Lipinski definition) is 3. The molecular formula is C18H32N2S. The topological polar surface area (TPSA) is 24.9 Å². The van der Waals surface area contributed by atoms with E-state index in [2.05, 4.69) is 39.9 Å². The molecule has 1 N–H and O–H groups in total. The van der Waals surface area contributed by atoms with Crippen molar-refractivity contribution in [3.63, 3.8) is 0 Å². The zero-order valence-corrected chi connectivity index (χ0v) is 15.3. The normalized spacial score (nSPS) is 20.6. The molecule has 3 heteroatoms. The molecular weight excluding hydrogens is 276 g/mol. The van der Waals surface area contributed by atoms with Crippen LogP contribution in [-0.2, 0) is 6.42 Å². The molecule has 1 fully saturated rings. The van der Waals surface area contributed by atoms with Crippen LogP contribution in [0.5, 0.6) is 0 Å². The summed E-state index contributed by atoms with van der Waals surface area (Å²) in [5.41, 5.74) is 1.77. The van der Waals surface area contributed by atoms with E-state index in [0.717, 1.165) is 18.9 Å². The summed E-state index contributed by atoms with van der Waals surface area (Å²) in [7, 11) is 0. The average molecular weight is 309 g/mol. The van der Waals surface area contributed by atoms with Gasteiger partial charge >= 0.3 is 0 Å². The number of aryl methyl sites for hydroxylation is 2. The Morgan fingerprint density at radius 1 is 1.29 bits per heavy atom. The highest BCUT2D eigenvalue weighted by Crippen LogP contribution is 2.39. The highest BCUT2D eigenvalue weighted by atomic mass is 32.1. The predicted molar refractivity (Wildman–Crippen MR) is 93.1 cm³/mol. The van der Waals surface area contributed by atoms with Crippen LogP contribution in [0.25, 0.3) is 0 Å². The van der Waals surface area contributed by atoms with Crippen LogP contribution in [0.3, 0.4) is 0 Å². The smallest absolute Gasteiger partial charge is 0.0946 e. The molecule has 2 nitrogen and oxygen atoms in total. The van der Waals surface area contributed by atoms with Gasteiger partial charge in [0.05, 0.1) is 10.7 Å². The zero-order chi connectivity index (χ0) is 15.5. The van der Waals surface area contributed by atoms with Crippen molar-refractivity contribution >= 4 is 11.3 Å². The van der Waals surface area contributed by atoms with E-state index < -0.39 is 0 Å². The molecule has 1 heterocycles. The Kier molecular flexibility index (Phi) is 5.84. The second kappa shape index (κ2) is 7.23. The predicted octanol–water partition coefficient (Wildman–Crippen LogP) is 4.89. The first-order valence-corrected chi connectivity index (χ1v) is 9.39. The second-order valence-corrected chi connectivity index (χ2v) is 8.80. The molecule has 1 aromatic heterocycles. The number of hydrogen-bond donors (Lipinski definition) is 1. The lowest BCUT2D eigenvalue weighted by Crippen LogP contribution is -2.41. The van der Waals surface area contributed by atoms with E-state index >= 15 is 0 Å². The zero-order valence-electron chi connectivity index (χ0n) is 14.5. The van der Waals surface area contributed by atoms with Crippen LogP contribution < -0.4 is 5.32 Å². The third-order valence-corrected chi connectivity index (χ3v) is 6.17. The average Bonchev–Trinajstić information content (AvgIpc) is 2.73. The van der Waals surface area contributed by atoms with Crippen molar-refractivity contribution in [2.24, 2.45) is 11.3 Å². The maximum Gasteiger partial charge on any atom is 0.0946 e. The standard InChI is InChI=1S/C18H32N2S/c1-6-11-19-16(12-17-20-13(2)14(3)21-17)15-7-9-18(4,5)10-8-15/h15-16,19H,6-12H2,1-5H3. The molecule has 0 spiro atoms. The van der Waals surface area contributed by atoms with Crippen LogP contribution in [0, 0.1) is 25.2 Å². The van der Waals surface area contributed by atoms with Crippen LogP contribution in [0.2, 0.25) is 0 Å². The van der Waals surface area contributed by atoms with Gasteiger partial charge in [0.1, 0.15) is 0 Å². The Morgan fingerprint density at radius 3 is 2.48 bits per heavy atom. The Bertz CT molecular complexity index is 421. The molecule has 1 unspecified atom stereocenters. The van der Waals surface area contributed by atoms with Gasteiger partial charge < -0.3 is 5.32 Å². The monoisotopic (exact) mass is 308 g/mol. The van der Waals surface area contributed by atoms with Crippen molar-refractivity contribution in [2.75, 3.05) is 6.54 Å². The summed E-state index contributed by atoms with van der Waals surface area (Å²) in [6.45, 7) is 12.6. The molecule has 0 saturated heterocycles. The van der Waals surface area contributed by atoms with Gasteiger partial charge in [0.2, 0.25) is 0 Å². The van der Waals surface area contributed by atoms with E-state index in [9.17, 15) is 0 Å². The fourth-order valence-electron chi connectivity index (χ4n) is 3.37. The van der Waals surface area contributed by atoms with Gasteiger partial charge in [0, 0.05) is 17.3 Å². The first-order chi connectivity index (χ1) is 9.91. The van der Waals surface area contributed by atoms with Gasteiger partial charge in [-0.3, -0.25) is 0 Å². The SMILES string of the molecule is CCCNC(Cc1nc(C)c(C)s1)C1CCC(C)(C)CC1. The summed E-state index contributed by atoms with van der Waals surface area (Å²) >= 11 is 1.89. The quantitative estimate of drug-likeness (QED) is 0.809. The molecule has 0 aromatic carbocycles. The molecule has 1 aliphatic carbocycles. The second-order valence-electron chi connectivity index (χ2n) is 7.52. The molecule has 1 saturated carbocycles. The minimum atomic E-state index is 0.556. The molecule has 120 valence electrons. The van der Waals surface area contributed by atoms with Crippen LogP contribution in [0.15, 0.2) is 0 Å². The van der Waals surface area contributed by atoms with E-state index in [-0.39, 0.29) is 0 Å². The third-order valence-electron chi connectivity index (χ3n) is 5.08. The fraction of sp³-hybridized carbons (Fsp3) is 0.833. The van der Waals surface area contributed by atoms with Gasteiger partial charge in [0.15, 0.2) is 0 Å². The molecule has 0 bridgehead atoms. The summed E-state index contributed by atoms with van der Waals surface area (Å²) in [5, 5.41) is 5.13. The van der Waals surface area contributed by atoms with Gasteiger partial charge in [-0.15, -0.1) is 11.3 Å². The van der Waals surface area contributed by atoms with E-state index in [0.29, 0.717) is 11.5 Å². The van der Waals surface area contributed by atoms with Crippen LogP contribution in [-0.4, -0.2) is 17.6 Å². The number of nitrogens with zero attached hydrogens (tertiary/aromatic N) is 1. The van der Waals surface area contributed by atoms with E-state index in [1.807, 2.05) is 11.3 Å². The van der Waals surface area contributed by atoms with E-state index in [4.69, 9.17) is 4.98 Å². The number of aromatic nitrogens is 1. The lowest BCUT2D eigenvalue weighted by atomic mass is 9.70. The molecule has 0 aliphatic heterocycles. The minimum absolute atomic E-state index is 0.556. The minimum Gasteiger partial charge on any atom is -0.313 e. The summed E-state index contributed by atoms with van der Waals surface area (Å²) in [6.07, 6.45) is 7.82. The van der Waals surface area contributed by atoms with E-state index in [1.165, 1.54) is 47.7 Å². The molecule has 1 aromatic rings. The molecule has 1 atom stereocenters. The van der Waals surface area contributed by atoms with Gasteiger partial charge in [-0.2, -0.15) is 0 Å². The Morgan fingerprint density at radius 2 is 1.95 bits per heavy atom. The van der Waals surface area contributed by atoms with Crippen LogP contribution in [0.1, 0.15) is 68.5 Å². The lowest BCUT2D eigenvalue weighted by Gasteiger charge is -2.38. The van der Waals surface area contributed by atoms with Crippen molar-refractivity contribution in [3.8, 4) is 0 Å². The first-order valence-electron chi connectivity index (χ1n) is 8.57. The molecule has 0 amide bonds. The Balaban J connectivity index is 2.00. The Labute approximate surface area is 134 Å². The van der Waals surface area contributed by atoms with Gasteiger partial charge in [-0.05, 0) is 63.8 Å². The van der Waals surface area contributed by atoms with E-state index in [1.54, 1.807) is 0 Å². The van der Waals surface area contributed by atoms with Crippen molar-refractivity contribution in [2.45, 2.75) is 79.2 Å². The van der Waals surface area contributed by atoms with Gasteiger partial charge in [-0.25, -0.2) is 4.98 Å². The highest BCUT2D eigenvalue weighted by molar-refractivity contribution is 7.11. The van der Waals surface area contributed by atoms with Gasteiger partial charge in [-0.1, -0.05) is 20.8 Å². The summed E-state index contributed by atoms with van der Waals surface area (Å²) in [6, 6.07) is 0.617. The number of rotatable bonds is 6. The van der Waals surface area contributed by atoms with Gasteiger partial charge in [0.25, 0.3) is 0 Å². The summed E-state index contributed by atoms with van der Waals surface area (Å²) in [4.78, 5) is 6.14. The van der Waals surface area contributed by atoms with Crippen LogP contribution >= 0.6 is 11.3 Å². The maximum atomic E-state index is 4.76. The van der Waals surface area contributed by atoms with Crippen molar-refractivity contribution in [1.82, 2.24) is 10.3 Å². The number of thiazole rings is 1. The van der Waals surface area contributed by atoms with Crippen molar-refractivity contribution in [3.05, 3.63) is 15.6 Å². The Hall–Kier alpha value is -0.410. The lowest BCUT2D eigenvalue weighted by molar-refractivity contribution is 0.160. The van der Waals surface area contributed by atoms with Crippen molar-refractivity contribution < 1.29 is 0 Å². The molecule has 1 aliphatic rings. The fourth-order valence-corrected chi connectivity index (χ4v) is 4.37. The highest BCUT2D eigenvalue weighted by Gasteiger charge is 2.31. The summed E-state index contributed by atoms with van der Waals surface area (Å²) in [5.74, 6) is 0.828. The first kappa shape index (κ1) is 17.0. The largest absolute Gasteiger partial charge is 0.313 e. The van der Waals surface area contributed by atoms with Crippen LogP contribution in [0.4, 0.5) is 0 Å². The molecule has 21 heavy (non-hydrogen) atoms. The summed E-state index contributed by atoms with van der Waals surface area (Å²) < 4.78 is 0. The third kappa shape index (κ3) is 4.79. The molecule has 0 radical (unpaired) electrons. The van der Waals surface area contributed by atoms with Crippen molar-refractivity contribution in [1.29, 1.82) is 0 Å². The number of nitrogens with one attached hydrogen (secondary N) is 1.